The van der Waals surface area contributed by atoms with Crippen molar-refractivity contribution < 1.29 is 27.5 Å². The van der Waals surface area contributed by atoms with Gasteiger partial charge < -0.3 is 9.64 Å². The highest BCUT2D eigenvalue weighted by atomic mass is 19.4. The van der Waals surface area contributed by atoms with Crippen LogP contribution in [0.25, 0.3) is 0 Å². The molecule has 0 spiro atoms. The summed E-state index contributed by atoms with van der Waals surface area (Å²) in [6.07, 6.45) is -2.65. The number of halogens is 3. The van der Waals surface area contributed by atoms with E-state index in [4.69, 9.17) is 4.74 Å². The quantitative estimate of drug-likeness (QED) is 0.570. The Kier molecular flexibility index (Phi) is 4.78. The predicted molar refractivity (Wildman–Crippen MR) is 94.5 cm³/mol. The first kappa shape index (κ1) is 19.7. The zero-order chi connectivity index (χ0) is 20.7. The van der Waals surface area contributed by atoms with Gasteiger partial charge in [-0.3, -0.25) is 4.98 Å². The average Bonchev–Trinajstić information content (AvgIpc) is 2.92. The number of esters is 1. The molecule has 1 aliphatic heterocycles. The van der Waals surface area contributed by atoms with Crippen molar-refractivity contribution in [2.24, 2.45) is 0 Å². The van der Waals surface area contributed by atoms with E-state index in [-0.39, 0.29) is 22.7 Å². The fourth-order valence-corrected chi connectivity index (χ4v) is 3.41. The Balaban J connectivity index is 2.06. The van der Waals surface area contributed by atoms with E-state index in [0.717, 1.165) is 17.2 Å². The van der Waals surface area contributed by atoms with Crippen molar-refractivity contribution in [3.8, 4) is 0 Å². The number of urea groups is 1. The van der Waals surface area contributed by atoms with Crippen LogP contribution in [0.4, 0.5) is 23.7 Å². The summed E-state index contributed by atoms with van der Waals surface area (Å²) in [4.78, 5) is 29.6. The lowest BCUT2D eigenvalue weighted by Gasteiger charge is -2.37. The summed E-state index contributed by atoms with van der Waals surface area (Å²) in [5.41, 5.74) is -0.163. The maximum atomic E-state index is 13.7. The summed E-state index contributed by atoms with van der Waals surface area (Å²) in [5.74, 6) is -0.609. The van der Waals surface area contributed by atoms with Gasteiger partial charge in [-0.05, 0) is 43.2 Å². The van der Waals surface area contributed by atoms with Gasteiger partial charge in [-0.15, -0.1) is 13.2 Å². The number of rotatable bonds is 2. The first-order chi connectivity index (χ1) is 13.1. The van der Waals surface area contributed by atoms with E-state index in [0.29, 0.717) is 11.1 Å². The topological polar surface area (TPSA) is 62.7 Å². The summed E-state index contributed by atoms with van der Waals surface area (Å²) < 4.78 is 45.9. The summed E-state index contributed by atoms with van der Waals surface area (Å²) in [6, 6.07) is 6.06. The molecule has 2 heterocycles. The minimum absolute atomic E-state index is 0.153. The molecule has 0 fully saturated rings. The minimum atomic E-state index is -4.95. The standard InChI is InChI=1S/C19H18F3N3O3/c1-18(2)15-8-4-7-13(16(26)28-3)14(15)11-24(18)17(27)25(19(20,21)22)12-6-5-9-23-10-12/h4-10H,11H2,1-3H3. The Bertz CT molecular complexity index is 914. The van der Waals surface area contributed by atoms with Crippen LogP contribution in [0.3, 0.4) is 0 Å². The normalized spacial score (nSPS) is 15.1. The Labute approximate surface area is 159 Å². The van der Waals surface area contributed by atoms with E-state index in [1.54, 1.807) is 26.0 Å². The molecule has 0 saturated carbocycles. The number of carbonyl (C=O) groups is 2. The van der Waals surface area contributed by atoms with Gasteiger partial charge >= 0.3 is 18.3 Å². The molecule has 0 unspecified atom stereocenters. The lowest BCUT2D eigenvalue weighted by molar-refractivity contribution is -0.123. The lowest BCUT2D eigenvalue weighted by Crippen LogP contribution is -2.53. The Morgan fingerprint density at radius 3 is 2.50 bits per heavy atom. The minimum Gasteiger partial charge on any atom is -0.465 e. The number of carbonyl (C=O) groups excluding carboxylic acids is 2. The monoisotopic (exact) mass is 393 g/mol. The fraction of sp³-hybridized carbons (Fsp3) is 0.316. The molecule has 28 heavy (non-hydrogen) atoms. The molecule has 6 nitrogen and oxygen atoms in total. The molecule has 1 aromatic heterocycles. The highest BCUT2D eigenvalue weighted by molar-refractivity contribution is 5.95. The summed E-state index contributed by atoms with van der Waals surface area (Å²) in [6.45, 7) is 3.12. The van der Waals surface area contributed by atoms with Crippen LogP contribution in [0.5, 0.6) is 0 Å². The SMILES string of the molecule is COC(=O)c1cccc2c1CN(C(=O)N(c1cccnc1)C(F)(F)F)C2(C)C. The van der Waals surface area contributed by atoms with Crippen molar-refractivity contribution in [3.63, 3.8) is 0 Å². The molecule has 0 radical (unpaired) electrons. The molecule has 0 aliphatic carbocycles. The number of hydrogen-bond donors (Lipinski definition) is 0. The van der Waals surface area contributed by atoms with Crippen molar-refractivity contribution in [2.75, 3.05) is 12.0 Å². The number of anilines is 1. The number of methoxy groups -OCH3 is 1. The zero-order valence-corrected chi connectivity index (χ0v) is 15.4. The molecule has 1 aromatic carbocycles. The summed E-state index contributed by atoms with van der Waals surface area (Å²) >= 11 is 0. The van der Waals surface area contributed by atoms with Gasteiger partial charge in [0, 0.05) is 12.7 Å². The van der Waals surface area contributed by atoms with Crippen molar-refractivity contribution in [1.29, 1.82) is 0 Å². The third kappa shape index (κ3) is 3.17. The van der Waals surface area contributed by atoms with Crippen LogP contribution in [0, 0.1) is 0 Å². The van der Waals surface area contributed by atoms with Gasteiger partial charge in [0.05, 0.1) is 30.1 Å². The van der Waals surface area contributed by atoms with Gasteiger partial charge in [0.15, 0.2) is 0 Å². The van der Waals surface area contributed by atoms with E-state index in [2.05, 4.69) is 4.98 Å². The van der Waals surface area contributed by atoms with E-state index >= 15 is 0 Å². The second kappa shape index (κ2) is 6.81. The Morgan fingerprint density at radius 2 is 1.93 bits per heavy atom. The van der Waals surface area contributed by atoms with Crippen LogP contribution in [0.1, 0.15) is 35.3 Å². The average molecular weight is 393 g/mol. The van der Waals surface area contributed by atoms with Gasteiger partial charge in [-0.1, -0.05) is 12.1 Å². The molecule has 1 aliphatic rings. The highest BCUT2D eigenvalue weighted by Crippen LogP contribution is 2.42. The van der Waals surface area contributed by atoms with Gasteiger partial charge in [-0.25, -0.2) is 14.5 Å². The van der Waals surface area contributed by atoms with E-state index in [1.807, 2.05) is 0 Å². The van der Waals surface area contributed by atoms with Crippen LogP contribution in [-0.4, -0.2) is 35.3 Å². The molecular formula is C19H18F3N3O3. The highest BCUT2D eigenvalue weighted by Gasteiger charge is 2.50. The number of alkyl halides is 3. The molecule has 3 rings (SSSR count). The van der Waals surface area contributed by atoms with Crippen molar-refractivity contribution >= 4 is 17.7 Å². The first-order valence-electron chi connectivity index (χ1n) is 8.38. The van der Waals surface area contributed by atoms with E-state index in [1.165, 1.54) is 25.4 Å². The van der Waals surface area contributed by atoms with Crippen molar-refractivity contribution in [1.82, 2.24) is 9.88 Å². The Hall–Kier alpha value is -3.10. The van der Waals surface area contributed by atoms with Crippen LogP contribution in [-0.2, 0) is 16.8 Å². The number of hydrogen-bond acceptors (Lipinski definition) is 4. The van der Waals surface area contributed by atoms with Crippen LogP contribution < -0.4 is 4.90 Å². The smallest absolute Gasteiger partial charge is 0.465 e. The first-order valence-corrected chi connectivity index (χ1v) is 8.38. The summed E-state index contributed by atoms with van der Waals surface area (Å²) in [7, 11) is 1.22. The number of pyridine rings is 1. The van der Waals surface area contributed by atoms with Crippen molar-refractivity contribution in [2.45, 2.75) is 32.2 Å². The number of amides is 2. The number of nitrogens with zero attached hydrogens (tertiary/aromatic N) is 3. The second-order valence-corrected chi connectivity index (χ2v) is 6.77. The predicted octanol–water partition coefficient (Wildman–Crippen LogP) is 4.07. The second-order valence-electron chi connectivity index (χ2n) is 6.77. The van der Waals surface area contributed by atoms with Crippen LogP contribution in [0.2, 0.25) is 0 Å². The molecule has 9 heteroatoms. The molecular weight excluding hydrogens is 375 g/mol. The maximum absolute atomic E-state index is 13.7. The van der Waals surface area contributed by atoms with E-state index in [9.17, 15) is 22.8 Å². The maximum Gasteiger partial charge on any atom is 0.493 e. The third-order valence-corrected chi connectivity index (χ3v) is 4.81. The lowest BCUT2D eigenvalue weighted by atomic mass is 9.91. The number of aromatic nitrogens is 1. The third-order valence-electron chi connectivity index (χ3n) is 4.81. The molecule has 0 N–H and O–H groups in total. The van der Waals surface area contributed by atoms with Gasteiger partial charge in [0.25, 0.3) is 0 Å². The number of benzene rings is 1. The molecule has 0 bridgehead atoms. The van der Waals surface area contributed by atoms with Crippen molar-refractivity contribution in [3.05, 3.63) is 59.4 Å². The van der Waals surface area contributed by atoms with Crippen LogP contribution >= 0.6 is 0 Å². The van der Waals surface area contributed by atoms with E-state index < -0.39 is 23.8 Å². The Morgan fingerprint density at radius 1 is 1.21 bits per heavy atom. The fourth-order valence-electron chi connectivity index (χ4n) is 3.41. The molecule has 2 amide bonds. The van der Waals surface area contributed by atoms with Gasteiger partial charge in [-0.2, -0.15) is 0 Å². The summed E-state index contributed by atoms with van der Waals surface area (Å²) in [5, 5.41) is 0. The largest absolute Gasteiger partial charge is 0.493 e. The zero-order valence-electron chi connectivity index (χ0n) is 15.4. The molecule has 148 valence electrons. The van der Waals surface area contributed by atoms with Gasteiger partial charge in [0.1, 0.15) is 0 Å². The molecule has 0 atom stereocenters. The molecule has 0 saturated heterocycles. The molecule has 2 aromatic rings. The number of ether oxygens (including phenoxy) is 1. The van der Waals surface area contributed by atoms with Gasteiger partial charge in [0.2, 0.25) is 0 Å². The van der Waals surface area contributed by atoms with Crippen LogP contribution in [0.15, 0.2) is 42.7 Å². The number of fused-ring (bicyclic) bond motifs is 1.